The van der Waals surface area contributed by atoms with Crippen molar-refractivity contribution in [1.82, 2.24) is 5.32 Å². The lowest BCUT2D eigenvalue weighted by molar-refractivity contribution is -0.120. The van der Waals surface area contributed by atoms with E-state index >= 15 is 0 Å². The summed E-state index contributed by atoms with van der Waals surface area (Å²) in [4.78, 5) is 11.7. The highest BCUT2D eigenvalue weighted by molar-refractivity contribution is 5.81. The first-order valence-electron chi connectivity index (χ1n) is 6.83. The van der Waals surface area contributed by atoms with Gasteiger partial charge in [0.25, 0.3) is 0 Å². The summed E-state index contributed by atoms with van der Waals surface area (Å²) in [5.74, 6) is -0.00921. The summed E-state index contributed by atoms with van der Waals surface area (Å²) < 4.78 is 4.98. The second-order valence-electron chi connectivity index (χ2n) is 5.11. The van der Waals surface area contributed by atoms with Gasteiger partial charge in [0.1, 0.15) is 0 Å². The van der Waals surface area contributed by atoms with Gasteiger partial charge < -0.3 is 15.4 Å². The van der Waals surface area contributed by atoms with Crippen LogP contribution in [-0.4, -0.2) is 32.2 Å². The van der Waals surface area contributed by atoms with Crippen molar-refractivity contribution in [2.45, 2.75) is 32.2 Å². The van der Waals surface area contributed by atoms with E-state index in [1.54, 1.807) is 7.11 Å². The van der Waals surface area contributed by atoms with Gasteiger partial charge in [-0.15, -0.1) is 0 Å². The summed E-state index contributed by atoms with van der Waals surface area (Å²) in [6.07, 6.45) is 3.58. The number of aryl methyl sites for hydroxylation is 2. The zero-order chi connectivity index (χ0) is 13.7. The highest BCUT2D eigenvalue weighted by Gasteiger charge is 2.11. The molecule has 0 fully saturated rings. The number of anilines is 1. The quantitative estimate of drug-likeness (QED) is 0.821. The van der Waals surface area contributed by atoms with E-state index in [1.165, 1.54) is 24.0 Å². The van der Waals surface area contributed by atoms with Crippen molar-refractivity contribution in [2.75, 3.05) is 25.6 Å². The van der Waals surface area contributed by atoms with Gasteiger partial charge in [-0.25, -0.2) is 0 Å². The first-order chi connectivity index (χ1) is 9.19. The standard InChI is InChI=1S/C15H22N2O2/c1-11(10-19-2)17-15(18)9-16-14-7-6-12-4-3-5-13(12)8-14/h6-8,11,16H,3-5,9-10H2,1-2H3,(H,17,18). The van der Waals surface area contributed by atoms with E-state index < -0.39 is 0 Å². The average Bonchev–Trinajstić information content (AvgIpc) is 2.83. The molecular weight excluding hydrogens is 240 g/mol. The van der Waals surface area contributed by atoms with Crippen LogP contribution < -0.4 is 10.6 Å². The lowest BCUT2D eigenvalue weighted by Gasteiger charge is -2.14. The van der Waals surface area contributed by atoms with E-state index in [4.69, 9.17) is 4.74 Å². The zero-order valence-corrected chi connectivity index (χ0v) is 11.7. The summed E-state index contributed by atoms with van der Waals surface area (Å²) >= 11 is 0. The fraction of sp³-hybridized carbons (Fsp3) is 0.533. The molecular formula is C15H22N2O2. The van der Waals surface area contributed by atoms with E-state index in [1.807, 2.05) is 6.92 Å². The summed E-state index contributed by atoms with van der Waals surface area (Å²) in [5.41, 5.74) is 3.89. The molecule has 0 aliphatic heterocycles. The minimum Gasteiger partial charge on any atom is -0.383 e. The van der Waals surface area contributed by atoms with E-state index in [0.717, 1.165) is 12.1 Å². The van der Waals surface area contributed by atoms with Gasteiger partial charge in [-0.3, -0.25) is 4.79 Å². The Morgan fingerprint density at radius 3 is 2.95 bits per heavy atom. The minimum atomic E-state index is -0.00921. The van der Waals surface area contributed by atoms with Crippen LogP contribution >= 0.6 is 0 Å². The van der Waals surface area contributed by atoms with Gasteiger partial charge in [0.05, 0.1) is 13.2 Å². The molecule has 1 aromatic rings. The number of methoxy groups -OCH3 is 1. The number of rotatable bonds is 6. The molecule has 4 heteroatoms. The van der Waals surface area contributed by atoms with E-state index in [0.29, 0.717) is 13.2 Å². The van der Waals surface area contributed by atoms with E-state index in [2.05, 4.69) is 28.8 Å². The maximum Gasteiger partial charge on any atom is 0.239 e. The predicted octanol–water partition coefficient (Wildman–Crippen LogP) is 1.74. The van der Waals surface area contributed by atoms with Gasteiger partial charge in [-0.05, 0) is 49.4 Å². The number of fused-ring (bicyclic) bond motifs is 1. The van der Waals surface area contributed by atoms with Gasteiger partial charge in [0.2, 0.25) is 5.91 Å². The van der Waals surface area contributed by atoms with Gasteiger partial charge in [0, 0.05) is 18.8 Å². The van der Waals surface area contributed by atoms with Gasteiger partial charge >= 0.3 is 0 Å². The number of benzene rings is 1. The lowest BCUT2D eigenvalue weighted by Crippen LogP contribution is -2.39. The maximum atomic E-state index is 11.7. The topological polar surface area (TPSA) is 50.4 Å². The Kier molecular flexibility index (Phi) is 4.80. The minimum absolute atomic E-state index is 0.00921. The fourth-order valence-electron chi connectivity index (χ4n) is 2.48. The summed E-state index contributed by atoms with van der Waals surface area (Å²) in [5, 5.41) is 6.05. The summed E-state index contributed by atoms with van der Waals surface area (Å²) in [6.45, 7) is 2.76. The third-order valence-electron chi connectivity index (χ3n) is 3.38. The molecule has 1 aliphatic rings. The smallest absolute Gasteiger partial charge is 0.239 e. The van der Waals surface area contributed by atoms with Crippen molar-refractivity contribution in [1.29, 1.82) is 0 Å². The largest absolute Gasteiger partial charge is 0.383 e. The van der Waals surface area contributed by atoms with Crippen LogP contribution in [0.15, 0.2) is 18.2 Å². The number of hydrogen-bond acceptors (Lipinski definition) is 3. The van der Waals surface area contributed by atoms with Crippen molar-refractivity contribution < 1.29 is 9.53 Å². The van der Waals surface area contributed by atoms with Gasteiger partial charge in [0.15, 0.2) is 0 Å². The molecule has 0 saturated heterocycles. The molecule has 104 valence electrons. The van der Waals surface area contributed by atoms with Crippen LogP contribution in [0.3, 0.4) is 0 Å². The Balaban J connectivity index is 1.80. The van der Waals surface area contributed by atoms with E-state index in [9.17, 15) is 4.79 Å². The fourth-order valence-corrected chi connectivity index (χ4v) is 2.48. The SMILES string of the molecule is COCC(C)NC(=O)CNc1ccc2c(c1)CCC2. The van der Waals surface area contributed by atoms with Crippen molar-refractivity contribution in [3.8, 4) is 0 Å². The van der Waals surface area contributed by atoms with Crippen molar-refractivity contribution in [2.24, 2.45) is 0 Å². The number of amides is 1. The second-order valence-corrected chi connectivity index (χ2v) is 5.11. The third-order valence-corrected chi connectivity index (χ3v) is 3.38. The number of ether oxygens (including phenoxy) is 1. The van der Waals surface area contributed by atoms with Crippen LogP contribution in [-0.2, 0) is 22.4 Å². The maximum absolute atomic E-state index is 11.7. The molecule has 0 heterocycles. The molecule has 1 atom stereocenters. The normalized spacial score (nSPS) is 14.8. The van der Waals surface area contributed by atoms with Crippen molar-refractivity contribution >= 4 is 11.6 Å². The summed E-state index contributed by atoms with van der Waals surface area (Å²) in [7, 11) is 1.63. The molecule has 1 aliphatic carbocycles. The third kappa shape index (κ3) is 3.96. The Morgan fingerprint density at radius 1 is 1.37 bits per heavy atom. The molecule has 1 aromatic carbocycles. The number of carbonyl (C=O) groups excluding carboxylic acids is 1. The molecule has 19 heavy (non-hydrogen) atoms. The van der Waals surface area contributed by atoms with Gasteiger partial charge in [-0.1, -0.05) is 6.07 Å². The molecule has 2 N–H and O–H groups in total. The molecule has 2 rings (SSSR count). The molecule has 0 saturated carbocycles. The molecule has 0 spiro atoms. The van der Waals surface area contributed by atoms with Crippen LogP contribution in [0.25, 0.3) is 0 Å². The van der Waals surface area contributed by atoms with Crippen molar-refractivity contribution in [3.63, 3.8) is 0 Å². The Morgan fingerprint density at radius 2 is 2.16 bits per heavy atom. The molecule has 1 amide bonds. The number of nitrogens with one attached hydrogen (secondary N) is 2. The molecule has 0 radical (unpaired) electrons. The Labute approximate surface area is 114 Å². The zero-order valence-electron chi connectivity index (χ0n) is 11.7. The first-order valence-corrected chi connectivity index (χ1v) is 6.83. The summed E-state index contributed by atoms with van der Waals surface area (Å²) in [6, 6.07) is 6.42. The monoisotopic (exact) mass is 262 g/mol. The Hall–Kier alpha value is -1.55. The van der Waals surface area contributed by atoms with Crippen LogP contribution in [0.4, 0.5) is 5.69 Å². The molecule has 4 nitrogen and oxygen atoms in total. The van der Waals surface area contributed by atoms with Crippen LogP contribution in [0, 0.1) is 0 Å². The lowest BCUT2D eigenvalue weighted by atomic mass is 10.1. The highest BCUT2D eigenvalue weighted by Crippen LogP contribution is 2.24. The molecule has 0 aromatic heterocycles. The second kappa shape index (κ2) is 6.57. The van der Waals surface area contributed by atoms with Crippen molar-refractivity contribution in [3.05, 3.63) is 29.3 Å². The first kappa shape index (κ1) is 13.9. The highest BCUT2D eigenvalue weighted by atomic mass is 16.5. The van der Waals surface area contributed by atoms with Crippen LogP contribution in [0.2, 0.25) is 0 Å². The van der Waals surface area contributed by atoms with Crippen LogP contribution in [0.1, 0.15) is 24.5 Å². The van der Waals surface area contributed by atoms with Gasteiger partial charge in [-0.2, -0.15) is 0 Å². The Bertz CT molecular complexity index is 446. The molecule has 0 bridgehead atoms. The average molecular weight is 262 g/mol. The predicted molar refractivity (Wildman–Crippen MR) is 76.4 cm³/mol. The number of carbonyl (C=O) groups is 1. The van der Waals surface area contributed by atoms with E-state index in [-0.39, 0.29) is 11.9 Å². The molecule has 1 unspecified atom stereocenters. The number of hydrogen-bond donors (Lipinski definition) is 2. The van der Waals surface area contributed by atoms with Crippen LogP contribution in [0.5, 0.6) is 0 Å².